The van der Waals surface area contributed by atoms with Gasteiger partial charge in [0.1, 0.15) is 17.4 Å². The minimum Gasteiger partial charge on any atom is -0.486 e. The van der Waals surface area contributed by atoms with Crippen LogP contribution in [0.2, 0.25) is 0 Å². The van der Waals surface area contributed by atoms with Crippen molar-refractivity contribution in [2.45, 2.75) is 27.0 Å². The second-order valence-electron chi connectivity index (χ2n) is 6.95. The summed E-state index contributed by atoms with van der Waals surface area (Å²) in [4.78, 5) is 19.0. The molecule has 0 N–H and O–H groups in total. The second kappa shape index (κ2) is 8.13. The molecule has 150 valence electrons. The van der Waals surface area contributed by atoms with Crippen LogP contribution in [-0.4, -0.2) is 29.6 Å². The summed E-state index contributed by atoms with van der Waals surface area (Å²) in [5.41, 5.74) is 3.74. The first-order valence-corrected chi connectivity index (χ1v) is 10.2. The molecule has 1 aliphatic rings. The van der Waals surface area contributed by atoms with E-state index >= 15 is 0 Å². The Hall–Kier alpha value is -3.06. The van der Waals surface area contributed by atoms with Crippen LogP contribution >= 0.6 is 11.3 Å². The standard InChI is InChI=1S/C22H22N2O4S/c1-14-5-4-6-18(15(14)2)26-11-21-23-17(12-29-21)10-24(3)22(25)16-7-8-19-20(9-16)28-13-27-19/h4-9,12H,10-11,13H2,1-3H3. The van der Waals surface area contributed by atoms with Crippen molar-refractivity contribution < 1.29 is 19.0 Å². The molecule has 7 heteroatoms. The maximum Gasteiger partial charge on any atom is 0.254 e. The summed E-state index contributed by atoms with van der Waals surface area (Å²) in [6, 6.07) is 11.2. The average molecular weight is 410 g/mol. The van der Waals surface area contributed by atoms with Gasteiger partial charge >= 0.3 is 0 Å². The molecule has 6 nitrogen and oxygen atoms in total. The van der Waals surface area contributed by atoms with Crippen LogP contribution in [0, 0.1) is 13.8 Å². The van der Waals surface area contributed by atoms with Crippen molar-refractivity contribution in [3.05, 3.63) is 69.2 Å². The lowest BCUT2D eigenvalue weighted by Crippen LogP contribution is -2.26. The molecule has 1 aliphatic heterocycles. The van der Waals surface area contributed by atoms with Crippen molar-refractivity contribution in [1.29, 1.82) is 0 Å². The van der Waals surface area contributed by atoms with Crippen molar-refractivity contribution in [1.82, 2.24) is 9.88 Å². The minimum absolute atomic E-state index is 0.0931. The van der Waals surface area contributed by atoms with Crippen LogP contribution in [0.5, 0.6) is 17.2 Å². The fourth-order valence-corrected chi connectivity index (χ4v) is 3.77. The van der Waals surface area contributed by atoms with Gasteiger partial charge in [0.2, 0.25) is 6.79 Å². The molecule has 2 aromatic carbocycles. The van der Waals surface area contributed by atoms with Crippen molar-refractivity contribution in [2.75, 3.05) is 13.8 Å². The Morgan fingerprint density at radius 3 is 2.90 bits per heavy atom. The summed E-state index contributed by atoms with van der Waals surface area (Å²) in [5, 5.41) is 2.84. The molecule has 3 aromatic rings. The fourth-order valence-electron chi connectivity index (χ4n) is 3.07. The number of fused-ring (bicyclic) bond motifs is 1. The summed E-state index contributed by atoms with van der Waals surface area (Å²) in [6.07, 6.45) is 0. The Labute approximate surface area is 173 Å². The molecule has 0 unspecified atom stereocenters. The summed E-state index contributed by atoms with van der Waals surface area (Å²) in [7, 11) is 1.76. The minimum atomic E-state index is -0.0931. The molecule has 0 saturated heterocycles. The number of carbonyl (C=O) groups excluding carboxylic acids is 1. The van der Waals surface area contributed by atoms with Crippen LogP contribution in [-0.2, 0) is 13.2 Å². The molecule has 0 radical (unpaired) electrons. The number of amides is 1. The van der Waals surface area contributed by atoms with E-state index in [0.717, 1.165) is 22.0 Å². The zero-order valence-corrected chi connectivity index (χ0v) is 17.4. The van der Waals surface area contributed by atoms with Gasteiger partial charge < -0.3 is 19.1 Å². The summed E-state index contributed by atoms with van der Waals surface area (Å²) >= 11 is 1.53. The summed E-state index contributed by atoms with van der Waals surface area (Å²) in [6.45, 7) is 5.14. The maximum atomic E-state index is 12.7. The summed E-state index contributed by atoms with van der Waals surface area (Å²) < 4.78 is 16.6. The zero-order valence-electron chi connectivity index (χ0n) is 16.6. The first kappa shape index (κ1) is 19.3. The Morgan fingerprint density at radius 1 is 1.21 bits per heavy atom. The highest BCUT2D eigenvalue weighted by molar-refractivity contribution is 7.09. The molecule has 0 atom stereocenters. The predicted molar refractivity (Wildman–Crippen MR) is 111 cm³/mol. The molecule has 4 rings (SSSR count). The van der Waals surface area contributed by atoms with Crippen LogP contribution < -0.4 is 14.2 Å². The van der Waals surface area contributed by atoms with E-state index in [1.165, 1.54) is 16.9 Å². The lowest BCUT2D eigenvalue weighted by Gasteiger charge is -2.16. The highest BCUT2D eigenvalue weighted by Gasteiger charge is 2.19. The van der Waals surface area contributed by atoms with Crippen LogP contribution in [0.15, 0.2) is 41.8 Å². The van der Waals surface area contributed by atoms with Crippen LogP contribution in [0.4, 0.5) is 0 Å². The highest BCUT2D eigenvalue weighted by atomic mass is 32.1. The third-order valence-corrected chi connectivity index (χ3v) is 5.74. The SMILES string of the molecule is Cc1cccc(OCc2nc(CN(C)C(=O)c3ccc4c(c3)OCO4)cs2)c1C. The van der Waals surface area contributed by atoms with Crippen molar-refractivity contribution in [2.24, 2.45) is 0 Å². The van der Waals surface area contributed by atoms with E-state index in [1.807, 2.05) is 17.5 Å². The van der Waals surface area contributed by atoms with Gasteiger partial charge in [0.05, 0.1) is 12.2 Å². The Kier molecular flexibility index (Phi) is 5.40. The number of thiazole rings is 1. The molecule has 1 amide bonds. The van der Waals surface area contributed by atoms with Crippen molar-refractivity contribution in [3.8, 4) is 17.2 Å². The van der Waals surface area contributed by atoms with E-state index in [0.29, 0.717) is 30.2 Å². The van der Waals surface area contributed by atoms with E-state index in [4.69, 9.17) is 14.2 Å². The van der Waals surface area contributed by atoms with Gasteiger partial charge in [0.15, 0.2) is 11.5 Å². The molecule has 1 aromatic heterocycles. The number of nitrogens with zero attached hydrogens (tertiary/aromatic N) is 2. The molecule has 0 saturated carbocycles. The normalized spacial score (nSPS) is 12.1. The topological polar surface area (TPSA) is 60.9 Å². The molecule has 0 bridgehead atoms. The van der Waals surface area contributed by atoms with Crippen LogP contribution in [0.3, 0.4) is 0 Å². The monoisotopic (exact) mass is 410 g/mol. The zero-order chi connectivity index (χ0) is 20.4. The third kappa shape index (κ3) is 4.19. The predicted octanol–water partition coefficient (Wildman–Crippen LogP) is 4.34. The van der Waals surface area contributed by atoms with E-state index in [1.54, 1.807) is 30.1 Å². The number of benzene rings is 2. The van der Waals surface area contributed by atoms with Gasteiger partial charge in [0, 0.05) is 18.0 Å². The first-order chi connectivity index (χ1) is 14.0. The van der Waals surface area contributed by atoms with E-state index in [2.05, 4.69) is 24.9 Å². The molecule has 0 fully saturated rings. The number of carbonyl (C=O) groups is 1. The third-order valence-electron chi connectivity index (χ3n) is 4.87. The Bertz CT molecular complexity index is 1050. The molecular weight excluding hydrogens is 388 g/mol. The van der Waals surface area contributed by atoms with Gasteiger partial charge in [-0.05, 0) is 49.2 Å². The van der Waals surface area contributed by atoms with Gasteiger partial charge in [0.25, 0.3) is 5.91 Å². The molecule has 29 heavy (non-hydrogen) atoms. The van der Waals surface area contributed by atoms with Gasteiger partial charge in [-0.2, -0.15) is 0 Å². The number of ether oxygens (including phenoxy) is 3. The number of hydrogen-bond acceptors (Lipinski definition) is 6. The number of hydrogen-bond donors (Lipinski definition) is 0. The quantitative estimate of drug-likeness (QED) is 0.605. The largest absolute Gasteiger partial charge is 0.486 e. The fraction of sp³-hybridized carbons (Fsp3) is 0.273. The molecule has 0 aliphatic carbocycles. The van der Waals surface area contributed by atoms with Gasteiger partial charge in [-0.3, -0.25) is 4.79 Å². The van der Waals surface area contributed by atoms with Crippen LogP contribution in [0.1, 0.15) is 32.2 Å². The maximum absolute atomic E-state index is 12.7. The molecular formula is C22H22N2O4S. The lowest BCUT2D eigenvalue weighted by atomic mass is 10.1. The summed E-state index contributed by atoms with van der Waals surface area (Å²) in [5.74, 6) is 2.04. The van der Waals surface area contributed by atoms with E-state index in [-0.39, 0.29) is 12.7 Å². The van der Waals surface area contributed by atoms with E-state index in [9.17, 15) is 4.79 Å². The van der Waals surface area contributed by atoms with Crippen molar-refractivity contribution in [3.63, 3.8) is 0 Å². The molecule has 2 heterocycles. The average Bonchev–Trinajstić information content (AvgIpc) is 3.37. The number of aromatic nitrogens is 1. The van der Waals surface area contributed by atoms with Gasteiger partial charge in [-0.25, -0.2) is 4.98 Å². The number of rotatable bonds is 6. The first-order valence-electron chi connectivity index (χ1n) is 9.28. The Morgan fingerprint density at radius 2 is 2.03 bits per heavy atom. The smallest absolute Gasteiger partial charge is 0.254 e. The number of aryl methyl sites for hydroxylation is 1. The highest BCUT2D eigenvalue weighted by Crippen LogP contribution is 2.32. The van der Waals surface area contributed by atoms with E-state index < -0.39 is 0 Å². The van der Waals surface area contributed by atoms with Crippen LogP contribution in [0.25, 0.3) is 0 Å². The van der Waals surface area contributed by atoms with Gasteiger partial charge in [-0.1, -0.05) is 12.1 Å². The van der Waals surface area contributed by atoms with Gasteiger partial charge in [-0.15, -0.1) is 11.3 Å². The van der Waals surface area contributed by atoms with Crippen molar-refractivity contribution >= 4 is 17.2 Å². The second-order valence-corrected chi connectivity index (χ2v) is 7.89. The lowest BCUT2D eigenvalue weighted by molar-refractivity contribution is 0.0783. The molecule has 0 spiro atoms. The Balaban J connectivity index is 1.37.